The van der Waals surface area contributed by atoms with Gasteiger partial charge in [0.25, 0.3) is 4.80 Å². The molecule has 0 N–H and O–H groups in total. The number of rotatable bonds is 4. The molecule has 1 aromatic carbocycles. The van der Waals surface area contributed by atoms with Crippen LogP contribution in [0.1, 0.15) is 11.5 Å². The van der Waals surface area contributed by atoms with Crippen LogP contribution in [0.25, 0.3) is 0 Å². The molecule has 5 heteroatoms. The Bertz CT molecular complexity index is 453. The van der Waals surface area contributed by atoms with Crippen molar-refractivity contribution in [3.63, 3.8) is 0 Å². The lowest BCUT2D eigenvalue weighted by Gasteiger charge is -2.01. The maximum absolute atomic E-state index is 5.22. The fourth-order valence-corrected chi connectivity index (χ4v) is 1.64. The number of benzene rings is 1. The van der Waals surface area contributed by atoms with Crippen molar-refractivity contribution in [1.29, 1.82) is 0 Å². The highest BCUT2D eigenvalue weighted by Crippen LogP contribution is 2.14. The maximum atomic E-state index is 5.22. The van der Waals surface area contributed by atoms with E-state index in [1.807, 2.05) is 24.3 Å². The highest BCUT2D eigenvalue weighted by Gasteiger charge is 2.03. The number of hydrogen-bond donors (Lipinski definition) is 0. The molecule has 0 aliphatic heterocycles. The number of hydrogen-bond acceptors (Lipinski definition) is 4. The minimum atomic E-state index is 0.428. The Balaban J connectivity index is 1.94. The molecule has 16 heavy (non-hydrogen) atoms. The zero-order valence-corrected chi connectivity index (χ0v) is 10.4. The summed E-state index contributed by atoms with van der Waals surface area (Å²) >= 11 is 3.12. The van der Waals surface area contributed by atoms with Crippen LogP contribution in [0.15, 0.2) is 33.5 Å². The Morgan fingerprint density at radius 3 is 2.50 bits per heavy atom. The van der Waals surface area contributed by atoms with Gasteiger partial charge in [-0.2, -0.15) is 0 Å². The Labute approximate surface area is 102 Å². The van der Waals surface area contributed by atoms with Crippen LogP contribution in [0.5, 0.6) is 5.75 Å². The molecule has 1 heterocycles. The number of halogens is 1. The molecule has 1 aromatic heterocycles. The molecule has 0 atom stereocenters. The monoisotopic (exact) mass is 282 g/mol. The Hall–Kier alpha value is -1.36. The zero-order valence-electron chi connectivity index (χ0n) is 8.81. The van der Waals surface area contributed by atoms with Crippen LogP contribution in [0.2, 0.25) is 0 Å². The molecule has 0 saturated carbocycles. The van der Waals surface area contributed by atoms with Crippen molar-refractivity contribution >= 4 is 15.9 Å². The number of methoxy groups -OCH3 is 1. The molecule has 0 spiro atoms. The highest BCUT2D eigenvalue weighted by atomic mass is 79.9. The van der Waals surface area contributed by atoms with Crippen molar-refractivity contribution in [2.45, 2.75) is 12.8 Å². The highest BCUT2D eigenvalue weighted by molar-refractivity contribution is 9.10. The van der Waals surface area contributed by atoms with Crippen molar-refractivity contribution < 1.29 is 9.15 Å². The Morgan fingerprint density at radius 2 is 1.94 bits per heavy atom. The fourth-order valence-electron chi connectivity index (χ4n) is 1.38. The molecule has 0 amide bonds. The third-order valence-electron chi connectivity index (χ3n) is 2.23. The van der Waals surface area contributed by atoms with Crippen LogP contribution >= 0.6 is 15.9 Å². The molecule has 4 nitrogen and oxygen atoms in total. The number of nitrogens with zero attached hydrogens (tertiary/aromatic N) is 2. The molecule has 0 bridgehead atoms. The van der Waals surface area contributed by atoms with Crippen LogP contribution in [0, 0.1) is 0 Å². The molecule has 2 aromatic rings. The van der Waals surface area contributed by atoms with E-state index in [4.69, 9.17) is 9.15 Å². The van der Waals surface area contributed by atoms with E-state index in [2.05, 4.69) is 26.1 Å². The fraction of sp³-hybridized carbons (Fsp3) is 0.273. The van der Waals surface area contributed by atoms with Gasteiger partial charge < -0.3 is 9.15 Å². The summed E-state index contributed by atoms with van der Waals surface area (Å²) in [5.41, 5.74) is 1.22. The average molecular weight is 283 g/mol. The normalized spacial score (nSPS) is 10.4. The second kappa shape index (κ2) is 5.12. The van der Waals surface area contributed by atoms with Crippen molar-refractivity contribution in [2.24, 2.45) is 0 Å². The van der Waals surface area contributed by atoms with E-state index in [0.717, 1.165) is 18.6 Å². The molecule has 0 fully saturated rings. The summed E-state index contributed by atoms with van der Waals surface area (Å²) in [5, 5.41) is 7.61. The number of aromatic nitrogens is 2. The second-order valence-electron chi connectivity index (χ2n) is 3.30. The molecule has 0 aliphatic rings. The molecule has 0 saturated heterocycles. The molecule has 2 rings (SSSR count). The Kier molecular flexibility index (Phi) is 3.56. The van der Waals surface area contributed by atoms with Crippen LogP contribution in [0.3, 0.4) is 0 Å². The molecular weight excluding hydrogens is 272 g/mol. The first-order chi connectivity index (χ1) is 7.78. The summed E-state index contributed by atoms with van der Waals surface area (Å²) < 4.78 is 10.3. The lowest BCUT2D eigenvalue weighted by atomic mass is 10.1. The summed E-state index contributed by atoms with van der Waals surface area (Å²) in [6.45, 7) is 0. The van der Waals surface area contributed by atoms with Crippen molar-refractivity contribution in [2.75, 3.05) is 7.11 Å². The van der Waals surface area contributed by atoms with Gasteiger partial charge in [-0.05, 0) is 24.1 Å². The van der Waals surface area contributed by atoms with Crippen molar-refractivity contribution in [3.8, 4) is 5.75 Å². The predicted octanol–water partition coefficient (Wildman–Crippen LogP) is 2.63. The van der Waals surface area contributed by atoms with E-state index in [0.29, 0.717) is 10.7 Å². The van der Waals surface area contributed by atoms with Gasteiger partial charge in [0.2, 0.25) is 5.89 Å². The summed E-state index contributed by atoms with van der Waals surface area (Å²) in [4.78, 5) is 0.428. The lowest BCUT2D eigenvalue weighted by molar-refractivity contribution is 0.414. The average Bonchev–Trinajstić information content (AvgIpc) is 2.73. The molecular formula is C11H11BrN2O2. The molecule has 0 radical (unpaired) electrons. The van der Waals surface area contributed by atoms with Crippen molar-refractivity contribution in [3.05, 3.63) is 40.5 Å². The van der Waals surface area contributed by atoms with Gasteiger partial charge in [0.05, 0.1) is 7.11 Å². The first-order valence-electron chi connectivity index (χ1n) is 4.89. The minimum absolute atomic E-state index is 0.428. The zero-order chi connectivity index (χ0) is 11.4. The SMILES string of the molecule is COc1ccc(CCc2nnc(Br)o2)cc1. The summed E-state index contributed by atoms with van der Waals surface area (Å²) in [7, 11) is 1.66. The summed E-state index contributed by atoms with van der Waals surface area (Å²) in [6.07, 6.45) is 1.61. The quantitative estimate of drug-likeness (QED) is 0.865. The van der Waals surface area contributed by atoms with Crippen LogP contribution < -0.4 is 4.74 Å². The Morgan fingerprint density at radius 1 is 1.19 bits per heavy atom. The smallest absolute Gasteiger partial charge is 0.284 e. The van der Waals surface area contributed by atoms with Gasteiger partial charge in [-0.25, -0.2) is 0 Å². The summed E-state index contributed by atoms with van der Waals surface area (Å²) in [5.74, 6) is 1.51. The summed E-state index contributed by atoms with van der Waals surface area (Å²) in [6, 6.07) is 7.95. The van der Waals surface area contributed by atoms with Gasteiger partial charge >= 0.3 is 0 Å². The van der Waals surface area contributed by atoms with E-state index in [-0.39, 0.29) is 0 Å². The third-order valence-corrected chi connectivity index (χ3v) is 2.55. The number of aryl methyl sites for hydroxylation is 2. The van der Waals surface area contributed by atoms with Crippen molar-refractivity contribution in [1.82, 2.24) is 10.2 Å². The first-order valence-corrected chi connectivity index (χ1v) is 5.68. The van der Waals surface area contributed by atoms with Gasteiger partial charge in [-0.15, -0.1) is 10.2 Å². The van der Waals surface area contributed by atoms with E-state index >= 15 is 0 Å². The van der Waals surface area contributed by atoms with Gasteiger partial charge in [0.15, 0.2) is 0 Å². The predicted molar refractivity (Wildman–Crippen MR) is 62.4 cm³/mol. The van der Waals surface area contributed by atoms with Crippen LogP contribution in [-0.4, -0.2) is 17.3 Å². The molecule has 0 unspecified atom stereocenters. The molecule has 84 valence electrons. The third kappa shape index (κ3) is 2.82. The second-order valence-corrected chi connectivity index (χ2v) is 3.98. The minimum Gasteiger partial charge on any atom is -0.497 e. The van der Waals surface area contributed by atoms with E-state index in [9.17, 15) is 0 Å². The van der Waals surface area contributed by atoms with Gasteiger partial charge in [0, 0.05) is 22.4 Å². The number of ether oxygens (including phenoxy) is 1. The topological polar surface area (TPSA) is 48.2 Å². The lowest BCUT2D eigenvalue weighted by Crippen LogP contribution is -1.92. The maximum Gasteiger partial charge on any atom is 0.284 e. The molecule has 0 aliphatic carbocycles. The largest absolute Gasteiger partial charge is 0.497 e. The van der Waals surface area contributed by atoms with E-state index in [1.165, 1.54) is 5.56 Å². The van der Waals surface area contributed by atoms with Gasteiger partial charge in [0.1, 0.15) is 5.75 Å². The van der Waals surface area contributed by atoms with E-state index in [1.54, 1.807) is 7.11 Å². The van der Waals surface area contributed by atoms with E-state index < -0.39 is 0 Å². The van der Waals surface area contributed by atoms with Gasteiger partial charge in [-0.1, -0.05) is 12.1 Å². The van der Waals surface area contributed by atoms with Crippen LogP contribution in [-0.2, 0) is 12.8 Å². The van der Waals surface area contributed by atoms with Crippen LogP contribution in [0.4, 0.5) is 0 Å². The van der Waals surface area contributed by atoms with Gasteiger partial charge in [-0.3, -0.25) is 0 Å². The standard InChI is InChI=1S/C11H11BrN2O2/c1-15-9-5-2-8(3-6-9)4-7-10-13-14-11(12)16-10/h2-3,5-6H,4,7H2,1H3. The first kappa shape index (κ1) is 11.1.